The summed E-state index contributed by atoms with van der Waals surface area (Å²) in [5.74, 6) is 2.86. The van der Waals surface area contributed by atoms with Crippen LogP contribution in [0.4, 0.5) is 0 Å². The molecule has 0 spiro atoms. The third-order valence-electron chi connectivity index (χ3n) is 3.98. The summed E-state index contributed by atoms with van der Waals surface area (Å²) in [7, 11) is 0. The van der Waals surface area contributed by atoms with Crippen molar-refractivity contribution >= 4 is 0 Å². The first-order chi connectivity index (χ1) is 10.2. The lowest BCUT2D eigenvalue weighted by Crippen LogP contribution is -2.30. The second-order valence-electron chi connectivity index (χ2n) is 6.30. The molecule has 0 saturated carbocycles. The number of aryl methyl sites for hydroxylation is 1. The molecule has 0 bridgehead atoms. The highest BCUT2D eigenvalue weighted by molar-refractivity contribution is 5.47. The van der Waals surface area contributed by atoms with Crippen LogP contribution in [0.25, 0.3) is 11.6 Å². The van der Waals surface area contributed by atoms with Crippen LogP contribution in [0.3, 0.4) is 0 Å². The molecule has 0 fully saturated rings. The summed E-state index contributed by atoms with van der Waals surface area (Å²) in [6, 6.07) is 3.78. The fraction of sp³-hybridized carbons (Fsp3) is 0.529. The molecule has 2 aromatic rings. The Morgan fingerprint density at radius 3 is 3.10 bits per heavy atom. The van der Waals surface area contributed by atoms with Crippen LogP contribution < -0.4 is 5.32 Å². The van der Waals surface area contributed by atoms with Crippen LogP contribution in [0, 0.1) is 11.8 Å². The first-order valence-electron chi connectivity index (χ1n) is 7.81. The molecule has 3 rings (SSSR count). The number of hydrogen-bond acceptors (Lipinski definition) is 4. The lowest BCUT2D eigenvalue weighted by molar-refractivity contribution is 0.405. The van der Waals surface area contributed by atoms with E-state index >= 15 is 0 Å². The average Bonchev–Trinajstić information content (AvgIpc) is 3.00. The van der Waals surface area contributed by atoms with Gasteiger partial charge in [-0.2, -0.15) is 0 Å². The van der Waals surface area contributed by atoms with E-state index in [-0.39, 0.29) is 0 Å². The number of nitrogens with one attached hydrogen (secondary N) is 1. The standard InChI is InChI=1S/C17H23N3O/c1-12(2)9-18-10-13-5-6-15-14(8-13)11-19-17(20-15)16-4-3-7-21-16/h3-4,7,11-13,18H,5-6,8-10H2,1-2H3. The van der Waals surface area contributed by atoms with Crippen molar-refractivity contribution in [3.63, 3.8) is 0 Å². The summed E-state index contributed by atoms with van der Waals surface area (Å²) in [6.45, 7) is 6.68. The van der Waals surface area contributed by atoms with Crippen molar-refractivity contribution in [2.45, 2.75) is 33.1 Å². The minimum absolute atomic E-state index is 0.703. The molecule has 0 aliphatic heterocycles. The maximum atomic E-state index is 5.37. The zero-order valence-corrected chi connectivity index (χ0v) is 12.8. The molecule has 0 aromatic carbocycles. The van der Waals surface area contributed by atoms with Crippen molar-refractivity contribution < 1.29 is 4.42 Å². The van der Waals surface area contributed by atoms with Gasteiger partial charge in [0.15, 0.2) is 11.6 Å². The van der Waals surface area contributed by atoms with Crippen molar-refractivity contribution in [3.05, 3.63) is 35.9 Å². The van der Waals surface area contributed by atoms with E-state index in [0.717, 1.165) is 31.7 Å². The molecule has 4 nitrogen and oxygen atoms in total. The van der Waals surface area contributed by atoms with Gasteiger partial charge in [-0.1, -0.05) is 13.8 Å². The first kappa shape index (κ1) is 14.3. The van der Waals surface area contributed by atoms with E-state index in [9.17, 15) is 0 Å². The Bertz CT molecular complexity index is 578. The van der Waals surface area contributed by atoms with Gasteiger partial charge in [-0.15, -0.1) is 0 Å². The minimum Gasteiger partial charge on any atom is -0.461 e. The Labute approximate surface area is 126 Å². The van der Waals surface area contributed by atoms with Crippen LogP contribution in [0.1, 0.15) is 31.5 Å². The molecule has 1 unspecified atom stereocenters. The first-order valence-corrected chi connectivity index (χ1v) is 7.81. The van der Waals surface area contributed by atoms with Gasteiger partial charge in [-0.3, -0.25) is 0 Å². The van der Waals surface area contributed by atoms with Crippen molar-refractivity contribution in [2.24, 2.45) is 11.8 Å². The highest BCUT2D eigenvalue weighted by atomic mass is 16.3. The molecule has 4 heteroatoms. The molecule has 2 heterocycles. The number of fused-ring (bicyclic) bond motifs is 1. The molecule has 1 atom stereocenters. The van der Waals surface area contributed by atoms with Gasteiger partial charge < -0.3 is 9.73 Å². The van der Waals surface area contributed by atoms with Crippen LogP contribution in [-0.2, 0) is 12.8 Å². The Hall–Kier alpha value is -1.68. The van der Waals surface area contributed by atoms with Crippen molar-refractivity contribution in [1.29, 1.82) is 0 Å². The molecule has 2 aromatic heterocycles. The number of furan rings is 1. The SMILES string of the molecule is CC(C)CNCC1CCc2nc(-c3ccco3)ncc2C1. The quantitative estimate of drug-likeness (QED) is 0.917. The van der Waals surface area contributed by atoms with Crippen LogP contribution in [0.5, 0.6) is 0 Å². The molecule has 0 saturated heterocycles. The van der Waals surface area contributed by atoms with E-state index < -0.39 is 0 Å². The third-order valence-corrected chi connectivity index (χ3v) is 3.98. The van der Waals surface area contributed by atoms with E-state index in [1.165, 1.54) is 17.7 Å². The normalized spacial score (nSPS) is 18.0. The molecule has 0 amide bonds. The Balaban J connectivity index is 1.64. The Morgan fingerprint density at radius 2 is 2.33 bits per heavy atom. The lowest BCUT2D eigenvalue weighted by atomic mass is 9.87. The Morgan fingerprint density at radius 1 is 1.43 bits per heavy atom. The predicted octanol–water partition coefficient (Wildman–Crippen LogP) is 3.09. The maximum absolute atomic E-state index is 5.37. The summed E-state index contributed by atoms with van der Waals surface area (Å²) >= 11 is 0. The summed E-state index contributed by atoms with van der Waals surface area (Å²) < 4.78 is 5.37. The van der Waals surface area contributed by atoms with E-state index in [1.54, 1.807) is 6.26 Å². The van der Waals surface area contributed by atoms with E-state index in [4.69, 9.17) is 4.42 Å². The second kappa shape index (κ2) is 6.39. The minimum atomic E-state index is 0.703. The van der Waals surface area contributed by atoms with Gasteiger partial charge >= 0.3 is 0 Å². The topological polar surface area (TPSA) is 51.0 Å². The molecule has 0 radical (unpaired) electrons. The van der Waals surface area contributed by atoms with Crippen LogP contribution >= 0.6 is 0 Å². The largest absolute Gasteiger partial charge is 0.461 e. The smallest absolute Gasteiger partial charge is 0.195 e. The summed E-state index contributed by atoms with van der Waals surface area (Å²) in [5, 5.41) is 3.56. The number of hydrogen-bond donors (Lipinski definition) is 1. The molecule has 1 aliphatic rings. The van der Waals surface area contributed by atoms with Crippen molar-refractivity contribution in [3.8, 4) is 11.6 Å². The van der Waals surface area contributed by atoms with Gasteiger partial charge in [-0.25, -0.2) is 9.97 Å². The number of nitrogens with zero attached hydrogens (tertiary/aromatic N) is 2. The van der Waals surface area contributed by atoms with E-state index in [2.05, 4.69) is 29.1 Å². The molecular weight excluding hydrogens is 262 g/mol. The van der Waals surface area contributed by atoms with Crippen LogP contribution in [0.2, 0.25) is 0 Å². The van der Waals surface area contributed by atoms with E-state index in [1.807, 2.05) is 18.3 Å². The predicted molar refractivity (Wildman–Crippen MR) is 83.0 cm³/mol. The van der Waals surface area contributed by atoms with Gasteiger partial charge in [0.1, 0.15) is 0 Å². The van der Waals surface area contributed by atoms with Gasteiger partial charge in [0.25, 0.3) is 0 Å². The molecular formula is C17H23N3O. The van der Waals surface area contributed by atoms with Gasteiger partial charge in [-0.05, 0) is 61.9 Å². The monoisotopic (exact) mass is 285 g/mol. The zero-order valence-electron chi connectivity index (χ0n) is 12.8. The highest BCUT2D eigenvalue weighted by Gasteiger charge is 2.21. The van der Waals surface area contributed by atoms with Gasteiger partial charge in [0.2, 0.25) is 0 Å². The Kier molecular flexibility index (Phi) is 4.34. The van der Waals surface area contributed by atoms with E-state index in [0.29, 0.717) is 17.7 Å². The van der Waals surface area contributed by atoms with Gasteiger partial charge in [0.05, 0.1) is 6.26 Å². The number of aromatic nitrogens is 2. The van der Waals surface area contributed by atoms with Gasteiger partial charge in [0, 0.05) is 11.9 Å². The van der Waals surface area contributed by atoms with Crippen LogP contribution in [-0.4, -0.2) is 23.1 Å². The van der Waals surface area contributed by atoms with Crippen LogP contribution in [0.15, 0.2) is 29.0 Å². The molecule has 1 aliphatic carbocycles. The van der Waals surface area contributed by atoms with Crippen molar-refractivity contribution in [1.82, 2.24) is 15.3 Å². The maximum Gasteiger partial charge on any atom is 0.195 e. The average molecular weight is 285 g/mol. The number of rotatable bonds is 5. The second-order valence-corrected chi connectivity index (χ2v) is 6.30. The summed E-state index contributed by atoms with van der Waals surface area (Å²) in [6.07, 6.45) is 6.97. The zero-order chi connectivity index (χ0) is 14.7. The highest BCUT2D eigenvalue weighted by Crippen LogP contribution is 2.25. The summed E-state index contributed by atoms with van der Waals surface area (Å²) in [4.78, 5) is 9.13. The molecule has 1 N–H and O–H groups in total. The molecule has 112 valence electrons. The fourth-order valence-corrected chi connectivity index (χ4v) is 2.86. The van der Waals surface area contributed by atoms with Crippen molar-refractivity contribution in [2.75, 3.05) is 13.1 Å². The lowest BCUT2D eigenvalue weighted by Gasteiger charge is -2.24. The fourth-order valence-electron chi connectivity index (χ4n) is 2.86. The third kappa shape index (κ3) is 3.50. The molecule has 21 heavy (non-hydrogen) atoms. The summed E-state index contributed by atoms with van der Waals surface area (Å²) in [5.41, 5.74) is 2.49.